The minimum atomic E-state index is -0.915. The molecule has 2 amide bonds. The normalized spacial score (nSPS) is 21.5. The fourth-order valence-electron chi connectivity index (χ4n) is 3.41. The first-order valence-electron chi connectivity index (χ1n) is 7.85. The van der Waals surface area contributed by atoms with Gasteiger partial charge in [-0.3, -0.25) is 5.21 Å². The van der Waals surface area contributed by atoms with E-state index in [1.54, 1.807) is 19.1 Å². The molecule has 25 heavy (non-hydrogen) atoms. The van der Waals surface area contributed by atoms with Gasteiger partial charge in [-0.25, -0.2) is 14.0 Å². The number of rotatable bonds is 3. The Kier molecular flexibility index (Phi) is 3.73. The summed E-state index contributed by atoms with van der Waals surface area (Å²) in [6.45, 7) is 2.12. The molecular formula is C17H15FN2O4S. The van der Waals surface area contributed by atoms with Crippen LogP contribution in [0.4, 0.5) is 9.18 Å². The van der Waals surface area contributed by atoms with E-state index >= 15 is 0 Å². The number of hydroxylamine groups is 2. The van der Waals surface area contributed by atoms with Gasteiger partial charge in [-0.2, -0.15) is 5.06 Å². The fraction of sp³-hybridized carbons (Fsp3) is 0.294. The molecule has 4 rings (SSSR count). The van der Waals surface area contributed by atoms with E-state index in [1.807, 2.05) is 5.38 Å². The number of ether oxygens (including phenoxy) is 1. The van der Waals surface area contributed by atoms with Gasteiger partial charge in [-0.05, 0) is 35.6 Å². The molecule has 2 atom stereocenters. The number of nitrogens with zero attached hydrogens (tertiary/aromatic N) is 2. The van der Waals surface area contributed by atoms with E-state index in [0.717, 1.165) is 16.0 Å². The average molecular weight is 362 g/mol. The lowest BCUT2D eigenvalue weighted by molar-refractivity contribution is -0.148. The van der Waals surface area contributed by atoms with E-state index in [4.69, 9.17) is 4.74 Å². The Morgan fingerprint density at radius 3 is 2.80 bits per heavy atom. The van der Waals surface area contributed by atoms with Crippen LogP contribution < -0.4 is 0 Å². The first-order chi connectivity index (χ1) is 12.0. The molecule has 3 heterocycles. The number of hydrogen-bond acceptors (Lipinski definition) is 5. The third-order valence-electron chi connectivity index (χ3n) is 4.52. The minimum absolute atomic E-state index is 0.189. The third-order valence-corrected chi connectivity index (χ3v) is 5.62. The van der Waals surface area contributed by atoms with Crippen molar-refractivity contribution in [2.75, 3.05) is 13.2 Å². The molecule has 2 aromatic rings. The zero-order chi connectivity index (χ0) is 17.7. The zero-order valence-corrected chi connectivity index (χ0v) is 14.1. The van der Waals surface area contributed by atoms with Crippen molar-refractivity contribution in [2.24, 2.45) is 0 Å². The third kappa shape index (κ3) is 2.32. The molecule has 0 spiro atoms. The summed E-state index contributed by atoms with van der Waals surface area (Å²) in [5.41, 5.74) is 2.14. The number of carbonyl (C=O) groups excluding carboxylic acids is 2. The standard InChI is InChI=1S/C17H15FN2O4S/c1-2-24-16(21)14-13-11(9-3-5-10(18)6-4-9)8-25-15(13)12-7-19(14)17(22)20(12)23/h3-6,8,12,14,23H,2,7H2,1H3/t12-,14?/m1/s1. The van der Waals surface area contributed by atoms with Gasteiger partial charge in [-0.15, -0.1) is 11.3 Å². The zero-order valence-electron chi connectivity index (χ0n) is 13.3. The van der Waals surface area contributed by atoms with Crippen LogP contribution in [0.25, 0.3) is 11.1 Å². The molecular weight excluding hydrogens is 347 g/mol. The summed E-state index contributed by atoms with van der Waals surface area (Å²) in [6.07, 6.45) is 0. The van der Waals surface area contributed by atoms with Crippen LogP contribution in [0.2, 0.25) is 0 Å². The van der Waals surface area contributed by atoms with Crippen molar-refractivity contribution in [3.63, 3.8) is 0 Å². The lowest BCUT2D eigenvalue weighted by Gasteiger charge is -2.30. The molecule has 0 saturated carbocycles. The summed E-state index contributed by atoms with van der Waals surface area (Å²) in [7, 11) is 0. The lowest BCUT2D eigenvalue weighted by Crippen LogP contribution is -2.39. The molecule has 0 aliphatic carbocycles. The molecule has 1 aromatic carbocycles. The van der Waals surface area contributed by atoms with E-state index in [9.17, 15) is 19.2 Å². The first-order valence-corrected chi connectivity index (χ1v) is 8.73. The predicted octanol–water partition coefficient (Wildman–Crippen LogP) is 3.34. The van der Waals surface area contributed by atoms with Gasteiger partial charge in [0, 0.05) is 10.4 Å². The number of thiophene rings is 1. The number of esters is 1. The molecule has 2 bridgehead atoms. The van der Waals surface area contributed by atoms with Crippen molar-refractivity contribution in [3.05, 3.63) is 45.9 Å². The van der Waals surface area contributed by atoms with E-state index in [-0.39, 0.29) is 19.0 Å². The summed E-state index contributed by atoms with van der Waals surface area (Å²) in [5.74, 6) is -0.886. The monoisotopic (exact) mass is 362 g/mol. The van der Waals surface area contributed by atoms with Crippen LogP contribution in [-0.2, 0) is 9.53 Å². The van der Waals surface area contributed by atoms with Crippen molar-refractivity contribution in [1.82, 2.24) is 9.96 Å². The quantitative estimate of drug-likeness (QED) is 0.672. The highest BCUT2D eigenvalue weighted by Crippen LogP contribution is 2.50. The van der Waals surface area contributed by atoms with Crippen LogP contribution in [0, 0.1) is 5.82 Å². The lowest BCUT2D eigenvalue weighted by atomic mass is 9.92. The predicted molar refractivity (Wildman–Crippen MR) is 87.6 cm³/mol. The number of halogens is 1. The number of urea groups is 1. The van der Waals surface area contributed by atoms with Gasteiger partial charge in [-0.1, -0.05) is 12.1 Å². The van der Waals surface area contributed by atoms with Gasteiger partial charge < -0.3 is 9.64 Å². The number of hydrogen-bond donors (Lipinski definition) is 1. The van der Waals surface area contributed by atoms with E-state index < -0.39 is 24.1 Å². The Morgan fingerprint density at radius 2 is 2.12 bits per heavy atom. The molecule has 1 saturated heterocycles. The summed E-state index contributed by atoms with van der Waals surface area (Å²) in [6, 6.07) is 3.92. The molecule has 8 heteroatoms. The molecule has 1 unspecified atom stereocenters. The van der Waals surface area contributed by atoms with Gasteiger partial charge in [0.25, 0.3) is 0 Å². The average Bonchev–Trinajstić information content (AvgIpc) is 3.13. The molecule has 1 fully saturated rings. The smallest absolute Gasteiger partial charge is 0.345 e. The largest absolute Gasteiger partial charge is 0.464 e. The van der Waals surface area contributed by atoms with Crippen molar-refractivity contribution >= 4 is 23.3 Å². The summed E-state index contributed by atoms with van der Waals surface area (Å²) < 4.78 is 18.4. The van der Waals surface area contributed by atoms with Gasteiger partial charge >= 0.3 is 12.0 Å². The number of benzene rings is 1. The van der Waals surface area contributed by atoms with Gasteiger partial charge in [0.1, 0.15) is 11.9 Å². The maximum Gasteiger partial charge on any atom is 0.345 e. The minimum Gasteiger partial charge on any atom is -0.464 e. The van der Waals surface area contributed by atoms with Gasteiger partial charge in [0.15, 0.2) is 6.04 Å². The maximum absolute atomic E-state index is 13.2. The summed E-state index contributed by atoms with van der Waals surface area (Å²) in [5, 5.41) is 12.6. The highest BCUT2D eigenvalue weighted by atomic mass is 32.1. The van der Waals surface area contributed by atoms with Gasteiger partial charge in [0.2, 0.25) is 0 Å². The first kappa shape index (κ1) is 16.0. The van der Waals surface area contributed by atoms with Crippen LogP contribution in [0.5, 0.6) is 0 Å². The highest BCUT2D eigenvalue weighted by Gasteiger charge is 2.52. The maximum atomic E-state index is 13.2. The second-order valence-corrected chi connectivity index (χ2v) is 6.80. The van der Waals surface area contributed by atoms with E-state index in [2.05, 4.69) is 0 Å². The second-order valence-electron chi connectivity index (χ2n) is 5.88. The summed E-state index contributed by atoms with van der Waals surface area (Å²) >= 11 is 1.37. The fourth-order valence-corrected chi connectivity index (χ4v) is 4.60. The molecule has 0 radical (unpaired) electrons. The van der Waals surface area contributed by atoms with Crippen LogP contribution in [0.15, 0.2) is 29.6 Å². The molecule has 130 valence electrons. The van der Waals surface area contributed by atoms with E-state index in [1.165, 1.54) is 28.4 Å². The Morgan fingerprint density at radius 1 is 1.40 bits per heavy atom. The van der Waals surface area contributed by atoms with Crippen LogP contribution in [-0.4, -0.2) is 40.3 Å². The molecule has 6 nitrogen and oxygen atoms in total. The van der Waals surface area contributed by atoms with Crippen LogP contribution >= 0.6 is 11.3 Å². The summed E-state index contributed by atoms with van der Waals surface area (Å²) in [4.78, 5) is 27.0. The molecule has 1 aromatic heterocycles. The highest BCUT2D eigenvalue weighted by molar-refractivity contribution is 7.10. The second kappa shape index (κ2) is 5.82. The Labute approximate surface area is 147 Å². The van der Waals surface area contributed by atoms with Gasteiger partial charge in [0.05, 0.1) is 13.2 Å². The molecule has 2 aliphatic rings. The van der Waals surface area contributed by atoms with E-state index in [0.29, 0.717) is 10.6 Å². The topological polar surface area (TPSA) is 70.1 Å². The molecule has 1 N–H and O–H groups in total. The van der Waals surface area contributed by atoms with Crippen LogP contribution in [0.1, 0.15) is 29.4 Å². The molecule has 2 aliphatic heterocycles. The Bertz CT molecular complexity index is 851. The van der Waals surface area contributed by atoms with Crippen molar-refractivity contribution in [1.29, 1.82) is 0 Å². The Balaban J connectivity index is 1.88. The number of amides is 2. The number of carbonyl (C=O) groups is 2. The number of fused-ring (bicyclic) bond motifs is 4. The van der Waals surface area contributed by atoms with Crippen molar-refractivity contribution in [2.45, 2.75) is 19.0 Å². The Hall–Kier alpha value is -2.45. The SMILES string of the molecule is CCOC(=O)C1c2c(-c3ccc(F)cc3)csc2[C@H]2CN1C(=O)N2O. The van der Waals surface area contributed by atoms with Crippen LogP contribution in [0.3, 0.4) is 0 Å². The van der Waals surface area contributed by atoms with Crippen molar-refractivity contribution < 1.29 is 23.9 Å². The van der Waals surface area contributed by atoms with Crippen molar-refractivity contribution in [3.8, 4) is 11.1 Å².